The molecule has 2 rings (SSSR count). The summed E-state index contributed by atoms with van der Waals surface area (Å²) in [5.41, 5.74) is 0.963. The van der Waals surface area contributed by atoms with Gasteiger partial charge in [-0.2, -0.15) is 0 Å². The van der Waals surface area contributed by atoms with Gasteiger partial charge in [-0.25, -0.2) is 0 Å². The van der Waals surface area contributed by atoms with E-state index in [0.29, 0.717) is 32.3 Å². The van der Waals surface area contributed by atoms with Gasteiger partial charge in [-0.05, 0) is 36.8 Å². The van der Waals surface area contributed by atoms with E-state index in [-0.39, 0.29) is 0 Å². The molecule has 2 nitrogen and oxygen atoms in total. The Hall–Kier alpha value is -1.09. The molecule has 0 fully saturated rings. The van der Waals surface area contributed by atoms with Crippen molar-refractivity contribution in [3.05, 3.63) is 51.0 Å². The highest BCUT2D eigenvalue weighted by Crippen LogP contribution is 2.40. The van der Waals surface area contributed by atoms with Crippen molar-refractivity contribution in [2.45, 2.75) is 6.92 Å². The summed E-state index contributed by atoms with van der Waals surface area (Å²) >= 11 is 18.2. The number of aryl methyl sites for hydroxylation is 1. The summed E-state index contributed by atoms with van der Waals surface area (Å²) in [4.78, 5) is 0. The number of hydrogen-bond acceptors (Lipinski definition) is 2. The number of benzene rings is 2. The molecule has 0 spiro atoms. The van der Waals surface area contributed by atoms with Crippen LogP contribution in [0, 0.1) is 6.92 Å². The summed E-state index contributed by atoms with van der Waals surface area (Å²) in [7, 11) is 1.54. The van der Waals surface area contributed by atoms with Gasteiger partial charge in [0.05, 0.1) is 17.2 Å². The molecule has 19 heavy (non-hydrogen) atoms. The molecule has 0 heterocycles. The quantitative estimate of drug-likeness (QED) is 0.717. The third-order valence-electron chi connectivity index (χ3n) is 2.48. The molecule has 0 unspecified atom stereocenters. The lowest BCUT2D eigenvalue weighted by atomic mass is 10.2. The van der Waals surface area contributed by atoms with Crippen LogP contribution in [0.15, 0.2) is 30.3 Å². The van der Waals surface area contributed by atoms with Gasteiger partial charge in [-0.15, -0.1) is 0 Å². The van der Waals surface area contributed by atoms with Crippen LogP contribution >= 0.6 is 34.8 Å². The van der Waals surface area contributed by atoms with Crippen LogP contribution in [0.25, 0.3) is 0 Å². The van der Waals surface area contributed by atoms with E-state index < -0.39 is 0 Å². The van der Waals surface area contributed by atoms with E-state index in [0.717, 1.165) is 5.56 Å². The Morgan fingerprint density at radius 3 is 2.11 bits per heavy atom. The molecule has 0 bridgehead atoms. The predicted octanol–water partition coefficient (Wildman–Crippen LogP) is 5.76. The van der Waals surface area contributed by atoms with Gasteiger partial charge in [0.1, 0.15) is 0 Å². The van der Waals surface area contributed by atoms with E-state index in [9.17, 15) is 0 Å². The van der Waals surface area contributed by atoms with Crippen molar-refractivity contribution < 1.29 is 9.47 Å². The first-order valence-corrected chi connectivity index (χ1v) is 6.61. The number of rotatable bonds is 3. The van der Waals surface area contributed by atoms with Crippen molar-refractivity contribution in [2.75, 3.05) is 7.11 Å². The number of ether oxygens (including phenoxy) is 2. The zero-order valence-electron chi connectivity index (χ0n) is 10.3. The first-order valence-electron chi connectivity index (χ1n) is 5.48. The van der Waals surface area contributed by atoms with Crippen LogP contribution in [0.2, 0.25) is 15.1 Å². The fraction of sp³-hybridized carbons (Fsp3) is 0.143. The van der Waals surface area contributed by atoms with E-state index in [1.54, 1.807) is 30.3 Å². The summed E-state index contributed by atoms with van der Waals surface area (Å²) in [5.74, 6) is 1.41. The van der Waals surface area contributed by atoms with Crippen molar-refractivity contribution >= 4 is 34.8 Å². The van der Waals surface area contributed by atoms with Gasteiger partial charge in [-0.3, -0.25) is 0 Å². The molecular formula is C14H11Cl3O2. The second-order valence-corrected chi connectivity index (χ2v) is 5.21. The van der Waals surface area contributed by atoms with Crippen LogP contribution < -0.4 is 9.47 Å². The summed E-state index contributed by atoms with van der Waals surface area (Å²) in [6.45, 7) is 1.91. The number of halogens is 3. The Balaban J connectivity index is 2.42. The standard InChI is InChI=1S/C14H11Cl3O2/c1-8-5-10(16)14(11(17)6-8)19-12-4-3-9(15)7-13(12)18-2/h3-7H,1-2H3. The third kappa shape index (κ3) is 3.27. The lowest BCUT2D eigenvalue weighted by molar-refractivity contribution is 0.379. The average Bonchev–Trinajstić information content (AvgIpc) is 2.35. The van der Waals surface area contributed by atoms with Crippen LogP contribution in [0.1, 0.15) is 5.56 Å². The molecule has 0 saturated carbocycles. The van der Waals surface area contributed by atoms with Crippen LogP contribution in [-0.4, -0.2) is 7.11 Å². The summed E-state index contributed by atoms with van der Waals surface area (Å²) in [6.07, 6.45) is 0. The van der Waals surface area contributed by atoms with Crippen LogP contribution in [0.4, 0.5) is 0 Å². The zero-order valence-corrected chi connectivity index (χ0v) is 12.6. The molecule has 0 aliphatic carbocycles. The summed E-state index contributed by atoms with van der Waals surface area (Å²) in [6, 6.07) is 8.63. The summed E-state index contributed by atoms with van der Waals surface area (Å²) in [5, 5.41) is 1.45. The molecule has 0 aliphatic rings. The smallest absolute Gasteiger partial charge is 0.169 e. The van der Waals surface area contributed by atoms with E-state index in [1.165, 1.54) is 7.11 Å². The van der Waals surface area contributed by atoms with E-state index in [2.05, 4.69) is 0 Å². The Morgan fingerprint density at radius 2 is 1.53 bits per heavy atom. The van der Waals surface area contributed by atoms with Crippen molar-refractivity contribution in [2.24, 2.45) is 0 Å². The van der Waals surface area contributed by atoms with E-state index in [4.69, 9.17) is 44.3 Å². The second kappa shape index (κ2) is 5.91. The highest BCUT2D eigenvalue weighted by Gasteiger charge is 2.13. The lowest BCUT2D eigenvalue weighted by Gasteiger charge is -2.13. The minimum absolute atomic E-state index is 0.398. The van der Waals surface area contributed by atoms with E-state index >= 15 is 0 Å². The third-order valence-corrected chi connectivity index (χ3v) is 3.28. The maximum absolute atomic E-state index is 6.14. The molecule has 0 amide bonds. The van der Waals surface area contributed by atoms with Crippen molar-refractivity contribution in [1.29, 1.82) is 0 Å². The van der Waals surface area contributed by atoms with E-state index in [1.807, 2.05) is 6.92 Å². The fourth-order valence-corrected chi connectivity index (χ4v) is 2.46. The number of hydrogen-bond donors (Lipinski definition) is 0. The maximum Gasteiger partial charge on any atom is 0.169 e. The Bertz CT molecular complexity index is 589. The molecule has 2 aromatic carbocycles. The van der Waals surface area contributed by atoms with Crippen LogP contribution in [0.5, 0.6) is 17.2 Å². The Morgan fingerprint density at radius 1 is 0.895 bits per heavy atom. The Labute approximate surface area is 126 Å². The molecular weight excluding hydrogens is 307 g/mol. The summed E-state index contributed by atoms with van der Waals surface area (Å²) < 4.78 is 10.9. The second-order valence-electron chi connectivity index (χ2n) is 3.95. The highest BCUT2D eigenvalue weighted by atomic mass is 35.5. The van der Waals surface area contributed by atoms with Gasteiger partial charge >= 0.3 is 0 Å². The average molecular weight is 318 g/mol. The van der Waals surface area contributed by atoms with Gasteiger partial charge in [0.25, 0.3) is 0 Å². The van der Waals surface area contributed by atoms with Gasteiger partial charge in [0.2, 0.25) is 0 Å². The molecule has 5 heteroatoms. The van der Waals surface area contributed by atoms with Crippen molar-refractivity contribution in [3.63, 3.8) is 0 Å². The minimum Gasteiger partial charge on any atom is -0.493 e. The molecule has 100 valence electrons. The number of methoxy groups -OCH3 is 1. The molecule has 0 aromatic heterocycles. The topological polar surface area (TPSA) is 18.5 Å². The van der Waals surface area contributed by atoms with Gasteiger partial charge in [0, 0.05) is 11.1 Å². The molecule has 0 N–H and O–H groups in total. The predicted molar refractivity (Wildman–Crippen MR) is 79.3 cm³/mol. The van der Waals surface area contributed by atoms with Crippen molar-refractivity contribution in [1.82, 2.24) is 0 Å². The first kappa shape index (κ1) is 14.3. The zero-order chi connectivity index (χ0) is 14.0. The maximum atomic E-state index is 6.14. The fourth-order valence-electron chi connectivity index (χ4n) is 1.62. The minimum atomic E-state index is 0.398. The largest absolute Gasteiger partial charge is 0.493 e. The normalized spacial score (nSPS) is 10.4. The first-order chi connectivity index (χ1) is 9.01. The lowest BCUT2D eigenvalue weighted by Crippen LogP contribution is -1.92. The molecule has 0 saturated heterocycles. The van der Waals surface area contributed by atoms with Crippen LogP contribution in [0.3, 0.4) is 0 Å². The highest BCUT2D eigenvalue weighted by molar-refractivity contribution is 6.37. The monoisotopic (exact) mass is 316 g/mol. The van der Waals surface area contributed by atoms with Crippen LogP contribution in [-0.2, 0) is 0 Å². The molecule has 0 radical (unpaired) electrons. The van der Waals surface area contributed by atoms with Crippen molar-refractivity contribution in [3.8, 4) is 17.2 Å². The molecule has 0 aliphatic heterocycles. The SMILES string of the molecule is COc1cc(Cl)ccc1Oc1c(Cl)cc(C)cc1Cl. The van der Waals surface area contributed by atoms with Gasteiger partial charge < -0.3 is 9.47 Å². The van der Waals surface area contributed by atoms with Gasteiger partial charge in [-0.1, -0.05) is 34.8 Å². The molecule has 2 aromatic rings. The van der Waals surface area contributed by atoms with Gasteiger partial charge in [0.15, 0.2) is 17.2 Å². The Kier molecular flexibility index (Phi) is 4.46. The molecule has 0 atom stereocenters.